The zero-order chi connectivity index (χ0) is 13.8. The van der Waals surface area contributed by atoms with Crippen LogP contribution in [0.3, 0.4) is 0 Å². The van der Waals surface area contributed by atoms with Crippen molar-refractivity contribution in [2.45, 2.75) is 13.5 Å². The molecular formula is C15H14ClNOS. The van der Waals surface area contributed by atoms with Gasteiger partial charge in [-0.2, -0.15) is 0 Å². The second-order valence-corrected chi connectivity index (χ2v) is 5.07. The lowest BCUT2D eigenvalue weighted by Gasteiger charge is -2.10. The number of hydrogen-bond donors (Lipinski definition) is 1. The van der Waals surface area contributed by atoms with Gasteiger partial charge < -0.3 is 10.5 Å². The van der Waals surface area contributed by atoms with E-state index in [9.17, 15) is 0 Å². The lowest BCUT2D eigenvalue weighted by molar-refractivity contribution is 0.306. The Morgan fingerprint density at radius 2 is 2.00 bits per heavy atom. The Kier molecular flexibility index (Phi) is 4.40. The molecular weight excluding hydrogens is 278 g/mol. The SMILES string of the molecule is Cc1cc(OCc2ccccc2Cl)ccc1C(N)=S. The van der Waals surface area contributed by atoms with E-state index in [2.05, 4.69) is 0 Å². The van der Waals surface area contributed by atoms with Crippen LogP contribution in [0, 0.1) is 6.92 Å². The van der Waals surface area contributed by atoms with E-state index in [1.54, 1.807) is 0 Å². The van der Waals surface area contributed by atoms with Gasteiger partial charge in [-0.05, 0) is 36.8 Å². The van der Waals surface area contributed by atoms with Crippen molar-refractivity contribution >= 4 is 28.8 Å². The summed E-state index contributed by atoms with van der Waals surface area (Å²) in [7, 11) is 0. The number of benzene rings is 2. The van der Waals surface area contributed by atoms with Gasteiger partial charge in [0.05, 0.1) is 0 Å². The zero-order valence-corrected chi connectivity index (χ0v) is 12.1. The lowest BCUT2D eigenvalue weighted by Crippen LogP contribution is -2.11. The summed E-state index contributed by atoms with van der Waals surface area (Å²) in [6.45, 7) is 2.39. The van der Waals surface area contributed by atoms with E-state index in [4.69, 9.17) is 34.3 Å². The van der Waals surface area contributed by atoms with Gasteiger partial charge in [0.15, 0.2) is 0 Å². The smallest absolute Gasteiger partial charge is 0.120 e. The van der Waals surface area contributed by atoms with Gasteiger partial charge in [0, 0.05) is 16.1 Å². The van der Waals surface area contributed by atoms with E-state index in [0.29, 0.717) is 16.6 Å². The van der Waals surface area contributed by atoms with Gasteiger partial charge in [-0.1, -0.05) is 42.0 Å². The molecule has 19 heavy (non-hydrogen) atoms. The fourth-order valence-corrected chi connectivity index (χ4v) is 2.20. The van der Waals surface area contributed by atoms with Crippen molar-refractivity contribution in [3.05, 3.63) is 64.2 Å². The van der Waals surface area contributed by atoms with Crippen LogP contribution in [0.5, 0.6) is 5.75 Å². The molecule has 0 heterocycles. The van der Waals surface area contributed by atoms with Crippen LogP contribution in [0.1, 0.15) is 16.7 Å². The maximum absolute atomic E-state index is 6.07. The summed E-state index contributed by atoms with van der Waals surface area (Å²) in [5.74, 6) is 0.775. The predicted octanol–water partition coefficient (Wildman–Crippen LogP) is 3.86. The fraction of sp³-hybridized carbons (Fsp3) is 0.133. The molecule has 0 saturated carbocycles. The summed E-state index contributed by atoms with van der Waals surface area (Å²) in [5, 5.41) is 0.707. The second-order valence-electron chi connectivity index (χ2n) is 4.22. The predicted molar refractivity (Wildman–Crippen MR) is 82.9 cm³/mol. The highest BCUT2D eigenvalue weighted by atomic mass is 35.5. The summed E-state index contributed by atoms with van der Waals surface area (Å²) in [4.78, 5) is 0.398. The Morgan fingerprint density at radius 3 is 2.63 bits per heavy atom. The maximum atomic E-state index is 6.07. The van der Waals surface area contributed by atoms with Crippen molar-refractivity contribution in [2.75, 3.05) is 0 Å². The van der Waals surface area contributed by atoms with E-state index in [-0.39, 0.29) is 0 Å². The first kappa shape index (κ1) is 13.8. The molecule has 0 saturated heterocycles. The van der Waals surface area contributed by atoms with Crippen molar-refractivity contribution < 1.29 is 4.74 Å². The standard InChI is InChI=1S/C15H14ClNOS/c1-10-8-12(6-7-13(10)15(17)19)18-9-11-4-2-3-5-14(11)16/h2-8H,9H2,1H3,(H2,17,19). The van der Waals surface area contributed by atoms with Gasteiger partial charge in [0.25, 0.3) is 0 Å². The van der Waals surface area contributed by atoms with Crippen LogP contribution in [0.15, 0.2) is 42.5 Å². The molecule has 0 spiro atoms. The number of ether oxygens (including phenoxy) is 1. The molecule has 2 aromatic rings. The van der Waals surface area contributed by atoms with E-state index < -0.39 is 0 Å². The van der Waals surface area contributed by atoms with Gasteiger partial charge in [-0.25, -0.2) is 0 Å². The van der Waals surface area contributed by atoms with Gasteiger partial charge >= 0.3 is 0 Å². The van der Waals surface area contributed by atoms with Crippen LogP contribution < -0.4 is 10.5 Å². The van der Waals surface area contributed by atoms with Crippen LogP contribution in [0.25, 0.3) is 0 Å². The Hall–Kier alpha value is -1.58. The molecule has 2 N–H and O–H groups in total. The number of aryl methyl sites for hydroxylation is 1. The van der Waals surface area contributed by atoms with Crippen LogP contribution in [-0.4, -0.2) is 4.99 Å². The molecule has 0 unspecified atom stereocenters. The van der Waals surface area contributed by atoms with E-state index in [1.807, 2.05) is 49.4 Å². The third kappa shape index (κ3) is 3.46. The molecule has 0 fully saturated rings. The summed E-state index contributed by atoms with van der Waals surface area (Å²) < 4.78 is 5.72. The van der Waals surface area contributed by atoms with Crippen LogP contribution in [-0.2, 0) is 6.61 Å². The topological polar surface area (TPSA) is 35.2 Å². The first-order chi connectivity index (χ1) is 9.08. The monoisotopic (exact) mass is 291 g/mol. The van der Waals surface area contributed by atoms with Gasteiger partial charge in [-0.3, -0.25) is 0 Å². The highest BCUT2D eigenvalue weighted by molar-refractivity contribution is 7.80. The molecule has 2 aromatic carbocycles. The number of hydrogen-bond acceptors (Lipinski definition) is 2. The second kappa shape index (κ2) is 6.04. The Labute approximate surface area is 123 Å². The highest BCUT2D eigenvalue weighted by Gasteiger charge is 2.04. The maximum Gasteiger partial charge on any atom is 0.120 e. The third-order valence-electron chi connectivity index (χ3n) is 2.82. The summed E-state index contributed by atoms with van der Waals surface area (Å²) >= 11 is 11.0. The highest BCUT2D eigenvalue weighted by Crippen LogP contribution is 2.21. The quantitative estimate of drug-likeness (QED) is 0.869. The minimum absolute atomic E-state index is 0.398. The van der Waals surface area contributed by atoms with E-state index in [1.165, 1.54) is 0 Å². The largest absolute Gasteiger partial charge is 0.489 e. The molecule has 98 valence electrons. The number of nitrogens with two attached hydrogens (primary N) is 1. The molecule has 0 aliphatic rings. The van der Waals surface area contributed by atoms with Gasteiger partial charge in [-0.15, -0.1) is 0 Å². The number of thiocarbonyl (C=S) groups is 1. The Bertz CT molecular complexity index is 613. The average Bonchev–Trinajstić information content (AvgIpc) is 2.37. The Balaban J connectivity index is 2.11. The minimum Gasteiger partial charge on any atom is -0.489 e. The summed E-state index contributed by atoms with van der Waals surface area (Å²) in [6.07, 6.45) is 0. The molecule has 0 bridgehead atoms. The Morgan fingerprint density at radius 1 is 1.26 bits per heavy atom. The molecule has 0 aromatic heterocycles. The molecule has 0 radical (unpaired) electrons. The number of halogens is 1. The first-order valence-electron chi connectivity index (χ1n) is 5.84. The molecule has 2 nitrogen and oxygen atoms in total. The van der Waals surface area contributed by atoms with Gasteiger partial charge in [0.1, 0.15) is 17.3 Å². The normalized spacial score (nSPS) is 10.2. The lowest BCUT2D eigenvalue weighted by atomic mass is 10.1. The van der Waals surface area contributed by atoms with Crippen LogP contribution >= 0.6 is 23.8 Å². The molecule has 4 heteroatoms. The molecule has 0 atom stereocenters. The van der Waals surface area contributed by atoms with Crippen LogP contribution in [0.4, 0.5) is 0 Å². The minimum atomic E-state index is 0.398. The molecule has 2 rings (SSSR count). The van der Waals surface area contributed by atoms with Crippen molar-refractivity contribution in [2.24, 2.45) is 5.73 Å². The van der Waals surface area contributed by atoms with E-state index in [0.717, 1.165) is 22.4 Å². The number of rotatable bonds is 4. The van der Waals surface area contributed by atoms with Gasteiger partial charge in [0.2, 0.25) is 0 Å². The summed E-state index contributed by atoms with van der Waals surface area (Å²) in [6, 6.07) is 13.3. The van der Waals surface area contributed by atoms with Crippen molar-refractivity contribution in [1.29, 1.82) is 0 Å². The summed E-state index contributed by atoms with van der Waals surface area (Å²) in [5.41, 5.74) is 8.46. The zero-order valence-electron chi connectivity index (χ0n) is 10.5. The molecule has 0 aliphatic heterocycles. The molecule has 0 amide bonds. The van der Waals surface area contributed by atoms with Crippen molar-refractivity contribution in [1.82, 2.24) is 0 Å². The van der Waals surface area contributed by atoms with Crippen molar-refractivity contribution in [3.8, 4) is 5.75 Å². The fourth-order valence-electron chi connectivity index (χ4n) is 1.78. The van der Waals surface area contributed by atoms with Crippen LogP contribution in [0.2, 0.25) is 5.02 Å². The average molecular weight is 292 g/mol. The third-order valence-corrected chi connectivity index (χ3v) is 3.40. The first-order valence-corrected chi connectivity index (χ1v) is 6.63. The van der Waals surface area contributed by atoms with Crippen molar-refractivity contribution in [3.63, 3.8) is 0 Å². The van der Waals surface area contributed by atoms with E-state index >= 15 is 0 Å². The molecule has 0 aliphatic carbocycles.